The fraction of sp³-hybridized carbons (Fsp3) is 0.462. The summed E-state index contributed by atoms with van der Waals surface area (Å²) in [5.41, 5.74) is 2.48. The van der Waals surface area contributed by atoms with Crippen LogP contribution in [0.4, 0.5) is 5.69 Å². The molecule has 32 heavy (non-hydrogen) atoms. The van der Waals surface area contributed by atoms with E-state index in [0.29, 0.717) is 11.6 Å². The number of anilines is 1. The topological polar surface area (TPSA) is 52.7 Å². The molecule has 0 spiro atoms. The third kappa shape index (κ3) is 5.34. The van der Waals surface area contributed by atoms with Crippen LogP contribution in [0.3, 0.4) is 0 Å². The summed E-state index contributed by atoms with van der Waals surface area (Å²) in [5, 5.41) is 3.17. The van der Waals surface area contributed by atoms with Gasteiger partial charge in [0.1, 0.15) is 0 Å². The van der Waals surface area contributed by atoms with Crippen LogP contribution in [0.2, 0.25) is 0 Å². The van der Waals surface area contributed by atoms with Gasteiger partial charge < -0.3 is 15.1 Å². The van der Waals surface area contributed by atoms with Gasteiger partial charge in [-0.15, -0.1) is 0 Å². The van der Waals surface area contributed by atoms with Crippen LogP contribution >= 0.6 is 15.9 Å². The van der Waals surface area contributed by atoms with Gasteiger partial charge in [-0.2, -0.15) is 0 Å². The molecule has 0 unspecified atom stereocenters. The molecule has 1 heterocycles. The highest BCUT2D eigenvalue weighted by Gasteiger charge is 2.27. The van der Waals surface area contributed by atoms with Crippen molar-refractivity contribution in [3.63, 3.8) is 0 Å². The number of nitrogens with one attached hydrogen (secondary N) is 1. The third-order valence-corrected chi connectivity index (χ3v) is 7.38. The molecule has 4 rings (SSSR count). The van der Waals surface area contributed by atoms with E-state index in [-0.39, 0.29) is 17.9 Å². The molecular formula is C26H32BrN3O2. The highest BCUT2D eigenvalue weighted by molar-refractivity contribution is 9.10. The van der Waals surface area contributed by atoms with E-state index in [1.165, 1.54) is 19.3 Å². The maximum Gasteiger partial charge on any atom is 0.255 e. The van der Waals surface area contributed by atoms with Crippen LogP contribution in [0.5, 0.6) is 0 Å². The summed E-state index contributed by atoms with van der Waals surface area (Å²) in [6, 6.07) is 15.9. The average molecular weight is 498 g/mol. The Morgan fingerprint density at radius 1 is 0.938 bits per heavy atom. The van der Waals surface area contributed by atoms with Crippen molar-refractivity contribution in [2.24, 2.45) is 0 Å². The summed E-state index contributed by atoms with van der Waals surface area (Å²) >= 11 is 3.40. The molecular weight excluding hydrogens is 466 g/mol. The van der Waals surface area contributed by atoms with Gasteiger partial charge >= 0.3 is 0 Å². The lowest BCUT2D eigenvalue weighted by atomic mass is 9.94. The van der Waals surface area contributed by atoms with Crippen LogP contribution in [0.1, 0.15) is 65.7 Å². The van der Waals surface area contributed by atoms with E-state index < -0.39 is 0 Å². The number of carbonyl (C=O) groups excluding carboxylic acids is 2. The summed E-state index contributed by atoms with van der Waals surface area (Å²) < 4.78 is 0.963. The summed E-state index contributed by atoms with van der Waals surface area (Å²) in [5.74, 6) is 0.0961. The van der Waals surface area contributed by atoms with Crippen LogP contribution in [0.15, 0.2) is 53.0 Å². The molecule has 1 saturated heterocycles. The summed E-state index contributed by atoms with van der Waals surface area (Å²) in [7, 11) is 1.96. The van der Waals surface area contributed by atoms with Crippen molar-refractivity contribution in [1.29, 1.82) is 0 Å². The van der Waals surface area contributed by atoms with Gasteiger partial charge in [0.05, 0.1) is 5.56 Å². The van der Waals surface area contributed by atoms with Crippen molar-refractivity contribution >= 4 is 33.4 Å². The SMILES string of the molecule is CN(C(=O)c1ccccc1N1CCC(NC(=O)c2ccc(Br)cc2)CC1)C1CCCCC1. The quantitative estimate of drug-likeness (QED) is 0.613. The van der Waals surface area contributed by atoms with E-state index in [2.05, 4.69) is 32.2 Å². The molecule has 2 aromatic carbocycles. The minimum Gasteiger partial charge on any atom is -0.371 e. The Bertz CT molecular complexity index is 932. The Labute approximate surface area is 199 Å². The summed E-state index contributed by atoms with van der Waals surface area (Å²) in [6.07, 6.45) is 7.64. The molecule has 0 radical (unpaired) electrons. The summed E-state index contributed by atoms with van der Waals surface area (Å²) in [6.45, 7) is 1.64. The molecule has 0 bridgehead atoms. The maximum absolute atomic E-state index is 13.3. The summed E-state index contributed by atoms with van der Waals surface area (Å²) in [4.78, 5) is 30.1. The van der Waals surface area contributed by atoms with E-state index in [1.807, 2.05) is 54.4 Å². The van der Waals surface area contributed by atoms with Crippen molar-refractivity contribution in [2.45, 2.75) is 57.0 Å². The molecule has 0 aromatic heterocycles. The highest BCUT2D eigenvalue weighted by Crippen LogP contribution is 2.28. The lowest BCUT2D eigenvalue weighted by Gasteiger charge is -2.36. The maximum atomic E-state index is 13.3. The number of rotatable bonds is 5. The highest BCUT2D eigenvalue weighted by atomic mass is 79.9. The van der Waals surface area contributed by atoms with E-state index in [0.717, 1.165) is 54.5 Å². The van der Waals surface area contributed by atoms with Gasteiger partial charge in [-0.05, 0) is 62.1 Å². The number of piperidine rings is 1. The Morgan fingerprint density at radius 3 is 2.28 bits per heavy atom. The fourth-order valence-corrected chi connectivity index (χ4v) is 5.15. The first kappa shape index (κ1) is 22.8. The number of hydrogen-bond donors (Lipinski definition) is 1. The zero-order chi connectivity index (χ0) is 22.5. The van der Waals surface area contributed by atoms with Crippen LogP contribution in [0.25, 0.3) is 0 Å². The Morgan fingerprint density at radius 2 is 1.59 bits per heavy atom. The van der Waals surface area contributed by atoms with E-state index in [9.17, 15) is 9.59 Å². The van der Waals surface area contributed by atoms with E-state index in [1.54, 1.807) is 0 Å². The normalized spacial score (nSPS) is 17.8. The van der Waals surface area contributed by atoms with Crippen LogP contribution in [0, 0.1) is 0 Å². The molecule has 5 nitrogen and oxygen atoms in total. The van der Waals surface area contributed by atoms with Crippen LogP contribution in [-0.4, -0.2) is 48.9 Å². The largest absolute Gasteiger partial charge is 0.371 e. The monoisotopic (exact) mass is 497 g/mol. The number of halogens is 1. The lowest BCUT2D eigenvalue weighted by molar-refractivity contribution is 0.0696. The first-order valence-electron chi connectivity index (χ1n) is 11.7. The van der Waals surface area contributed by atoms with E-state index >= 15 is 0 Å². The third-order valence-electron chi connectivity index (χ3n) is 6.85. The van der Waals surface area contributed by atoms with Gasteiger partial charge in [0, 0.05) is 47.9 Å². The van der Waals surface area contributed by atoms with Crippen LogP contribution < -0.4 is 10.2 Å². The molecule has 1 aliphatic heterocycles. The molecule has 1 aliphatic carbocycles. The smallest absolute Gasteiger partial charge is 0.255 e. The Balaban J connectivity index is 1.38. The minimum atomic E-state index is -0.0272. The predicted molar refractivity (Wildman–Crippen MR) is 132 cm³/mol. The second kappa shape index (κ2) is 10.5. The number of para-hydroxylation sites is 1. The number of carbonyl (C=O) groups is 2. The van der Waals surface area contributed by atoms with Gasteiger partial charge in [0.25, 0.3) is 11.8 Å². The number of benzene rings is 2. The Hall–Kier alpha value is -2.34. The van der Waals surface area contributed by atoms with Gasteiger partial charge in [-0.25, -0.2) is 0 Å². The van der Waals surface area contributed by atoms with Crippen molar-refractivity contribution < 1.29 is 9.59 Å². The van der Waals surface area contributed by atoms with Crippen molar-refractivity contribution in [2.75, 3.05) is 25.0 Å². The van der Waals surface area contributed by atoms with Crippen molar-refractivity contribution in [1.82, 2.24) is 10.2 Å². The number of hydrogen-bond acceptors (Lipinski definition) is 3. The molecule has 2 fully saturated rings. The predicted octanol–water partition coefficient (Wildman–Crippen LogP) is 5.25. The zero-order valence-electron chi connectivity index (χ0n) is 18.7. The van der Waals surface area contributed by atoms with Gasteiger partial charge in [-0.3, -0.25) is 9.59 Å². The molecule has 0 atom stereocenters. The lowest BCUT2D eigenvalue weighted by Crippen LogP contribution is -2.45. The van der Waals surface area contributed by atoms with Gasteiger partial charge in [-0.1, -0.05) is 47.3 Å². The zero-order valence-corrected chi connectivity index (χ0v) is 20.3. The Kier molecular flexibility index (Phi) is 7.51. The molecule has 1 saturated carbocycles. The standard InChI is InChI=1S/C26H32BrN3O2/c1-29(22-7-3-2-4-8-22)26(32)23-9-5-6-10-24(23)30-17-15-21(16-18-30)28-25(31)19-11-13-20(27)14-12-19/h5-6,9-14,21-22H,2-4,7-8,15-18H2,1H3,(H,28,31). The fourth-order valence-electron chi connectivity index (χ4n) is 4.89. The van der Waals surface area contributed by atoms with Crippen molar-refractivity contribution in [3.8, 4) is 0 Å². The molecule has 2 aliphatic rings. The molecule has 6 heteroatoms. The second-order valence-corrected chi connectivity index (χ2v) is 9.88. The number of amides is 2. The molecule has 2 amide bonds. The second-order valence-electron chi connectivity index (χ2n) is 8.97. The average Bonchev–Trinajstić information content (AvgIpc) is 2.84. The first-order chi connectivity index (χ1) is 15.5. The number of nitrogens with zero attached hydrogens (tertiary/aromatic N) is 2. The molecule has 1 N–H and O–H groups in total. The molecule has 2 aromatic rings. The minimum absolute atomic E-state index is 0.0272. The molecule has 170 valence electrons. The van der Waals surface area contributed by atoms with Gasteiger partial charge in [0.15, 0.2) is 0 Å². The first-order valence-corrected chi connectivity index (χ1v) is 12.5. The van der Waals surface area contributed by atoms with E-state index in [4.69, 9.17) is 0 Å². The van der Waals surface area contributed by atoms with Crippen molar-refractivity contribution in [3.05, 3.63) is 64.1 Å². The van der Waals surface area contributed by atoms with Gasteiger partial charge in [0.2, 0.25) is 0 Å². The van der Waals surface area contributed by atoms with Crippen LogP contribution in [-0.2, 0) is 0 Å².